The van der Waals surface area contributed by atoms with Crippen molar-refractivity contribution in [2.24, 2.45) is 11.8 Å². The smallest absolute Gasteiger partial charge is 0.0728 e. The summed E-state index contributed by atoms with van der Waals surface area (Å²) in [6.45, 7) is 11.2. The SMILES string of the molecule is CC(C)Cn1cc(NC2CC(C)N(C)CC2C)cn1. The highest BCUT2D eigenvalue weighted by atomic mass is 15.3. The first-order chi connectivity index (χ1) is 8.95. The molecular formula is C15H28N4. The van der Waals surface area contributed by atoms with Crippen LogP contribution in [0.4, 0.5) is 5.69 Å². The number of likely N-dealkylation sites (tertiary alicyclic amines) is 1. The van der Waals surface area contributed by atoms with Crippen LogP contribution in [0.5, 0.6) is 0 Å². The first kappa shape index (κ1) is 14.4. The zero-order chi connectivity index (χ0) is 14.0. The van der Waals surface area contributed by atoms with E-state index in [1.807, 2.05) is 10.9 Å². The Morgan fingerprint density at radius 3 is 2.84 bits per heavy atom. The van der Waals surface area contributed by atoms with Gasteiger partial charge in [0.15, 0.2) is 0 Å². The highest BCUT2D eigenvalue weighted by Crippen LogP contribution is 2.24. The molecule has 108 valence electrons. The average Bonchev–Trinajstić information content (AvgIpc) is 2.72. The zero-order valence-electron chi connectivity index (χ0n) is 12.9. The highest BCUT2D eigenvalue weighted by Gasteiger charge is 2.28. The lowest BCUT2D eigenvalue weighted by Gasteiger charge is -2.40. The van der Waals surface area contributed by atoms with Gasteiger partial charge >= 0.3 is 0 Å². The molecule has 0 spiro atoms. The summed E-state index contributed by atoms with van der Waals surface area (Å²) >= 11 is 0. The van der Waals surface area contributed by atoms with Gasteiger partial charge in [-0.1, -0.05) is 20.8 Å². The van der Waals surface area contributed by atoms with Gasteiger partial charge in [0.2, 0.25) is 0 Å². The zero-order valence-corrected chi connectivity index (χ0v) is 12.9. The van der Waals surface area contributed by atoms with E-state index in [-0.39, 0.29) is 0 Å². The number of hydrogen-bond donors (Lipinski definition) is 1. The van der Waals surface area contributed by atoms with Crippen LogP contribution >= 0.6 is 0 Å². The van der Waals surface area contributed by atoms with Crippen molar-refractivity contribution in [3.8, 4) is 0 Å². The third-order valence-electron chi connectivity index (χ3n) is 4.15. The lowest BCUT2D eigenvalue weighted by atomic mass is 9.90. The molecule has 1 aliphatic rings. The summed E-state index contributed by atoms with van der Waals surface area (Å²) in [5.41, 5.74) is 1.16. The minimum absolute atomic E-state index is 0.558. The van der Waals surface area contributed by atoms with E-state index < -0.39 is 0 Å². The average molecular weight is 264 g/mol. The summed E-state index contributed by atoms with van der Waals surface area (Å²) in [7, 11) is 2.22. The van der Waals surface area contributed by atoms with E-state index in [1.165, 1.54) is 13.0 Å². The summed E-state index contributed by atoms with van der Waals surface area (Å²) in [6, 6.07) is 1.21. The minimum atomic E-state index is 0.558. The Morgan fingerprint density at radius 1 is 1.42 bits per heavy atom. The number of hydrogen-bond acceptors (Lipinski definition) is 3. The molecule has 1 aromatic rings. The van der Waals surface area contributed by atoms with Crippen molar-refractivity contribution in [1.29, 1.82) is 0 Å². The van der Waals surface area contributed by atoms with Gasteiger partial charge in [0.1, 0.15) is 0 Å². The van der Waals surface area contributed by atoms with Gasteiger partial charge in [-0.2, -0.15) is 5.10 Å². The largest absolute Gasteiger partial charge is 0.379 e. The number of nitrogens with zero attached hydrogens (tertiary/aromatic N) is 3. The van der Waals surface area contributed by atoms with Crippen LogP contribution in [-0.4, -0.2) is 40.4 Å². The summed E-state index contributed by atoms with van der Waals surface area (Å²) in [6.07, 6.45) is 5.29. The van der Waals surface area contributed by atoms with Crippen molar-refractivity contribution in [3.05, 3.63) is 12.4 Å². The second-order valence-corrected chi connectivity index (χ2v) is 6.60. The van der Waals surface area contributed by atoms with Crippen LogP contribution in [0.25, 0.3) is 0 Å². The Morgan fingerprint density at radius 2 is 2.16 bits per heavy atom. The van der Waals surface area contributed by atoms with Crippen molar-refractivity contribution in [1.82, 2.24) is 14.7 Å². The second-order valence-electron chi connectivity index (χ2n) is 6.60. The summed E-state index contributed by atoms with van der Waals surface area (Å²) in [4.78, 5) is 2.45. The fourth-order valence-electron chi connectivity index (χ4n) is 2.87. The van der Waals surface area contributed by atoms with E-state index in [4.69, 9.17) is 0 Å². The molecule has 2 rings (SSSR count). The molecule has 19 heavy (non-hydrogen) atoms. The molecule has 0 saturated carbocycles. The Kier molecular flexibility index (Phi) is 4.50. The van der Waals surface area contributed by atoms with Crippen molar-refractivity contribution < 1.29 is 0 Å². The number of rotatable bonds is 4. The maximum absolute atomic E-state index is 4.42. The molecule has 4 heteroatoms. The van der Waals surface area contributed by atoms with Gasteiger partial charge in [-0.25, -0.2) is 0 Å². The maximum atomic E-state index is 4.42. The molecule has 1 N–H and O–H groups in total. The van der Waals surface area contributed by atoms with Crippen molar-refractivity contribution in [2.45, 2.75) is 52.7 Å². The van der Waals surface area contributed by atoms with Crippen LogP contribution in [0.3, 0.4) is 0 Å². The second kappa shape index (κ2) is 5.95. The molecule has 0 aromatic carbocycles. The minimum Gasteiger partial charge on any atom is -0.379 e. The third kappa shape index (κ3) is 3.72. The van der Waals surface area contributed by atoms with Gasteiger partial charge in [0, 0.05) is 31.4 Å². The van der Waals surface area contributed by atoms with E-state index in [2.05, 4.69) is 56.3 Å². The van der Waals surface area contributed by atoms with Gasteiger partial charge in [0.25, 0.3) is 0 Å². The Bertz CT molecular complexity index is 399. The molecule has 2 heterocycles. The monoisotopic (exact) mass is 264 g/mol. The lowest BCUT2D eigenvalue weighted by molar-refractivity contribution is 0.145. The van der Waals surface area contributed by atoms with Crippen LogP contribution in [0, 0.1) is 11.8 Å². The predicted octanol–water partition coefficient (Wildman–Crippen LogP) is 2.68. The highest BCUT2D eigenvalue weighted by molar-refractivity contribution is 5.39. The van der Waals surface area contributed by atoms with Gasteiger partial charge in [-0.05, 0) is 32.2 Å². The van der Waals surface area contributed by atoms with E-state index >= 15 is 0 Å². The standard InChI is InChI=1S/C15H28N4/c1-11(2)8-19-10-14(7-16-19)17-15-6-13(4)18(5)9-12(15)3/h7,10-13,15,17H,6,8-9H2,1-5H3. The van der Waals surface area contributed by atoms with E-state index in [0.29, 0.717) is 23.9 Å². The molecule has 0 bridgehead atoms. The predicted molar refractivity (Wildman–Crippen MR) is 80.3 cm³/mol. The molecule has 0 amide bonds. The van der Waals surface area contributed by atoms with Gasteiger partial charge in [-0.15, -0.1) is 0 Å². The maximum Gasteiger partial charge on any atom is 0.0728 e. The number of nitrogens with one attached hydrogen (secondary N) is 1. The van der Waals surface area contributed by atoms with Crippen molar-refractivity contribution in [3.63, 3.8) is 0 Å². The molecule has 1 saturated heterocycles. The molecule has 1 fully saturated rings. The quantitative estimate of drug-likeness (QED) is 0.907. The van der Waals surface area contributed by atoms with Crippen LogP contribution in [0.15, 0.2) is 12.4 Å². The number of aromatic nitrogens is 2. The number of piperidine rings is 1. The molecule has 0 radical (unpaired) electrons. The van der Waals surface area contributed by atoms with Crippen molar-refractivity contribution in [2.75, 3.05) is 18.9 Å². The van der Waals surface area contributed by atoms with E-state index in [0.717, 1.165) is 12.2 Å². The first-order valence-corrected chi connectivity index (χ1v) is 7.45. The van der Waals surface area contributed by atoms with Crippen LogP contribution < -0.4 is 5.32 Å². The fraction of sp³-hybridized carbons (Fsp3) is 0.800. The van der Waals surface area contributed by atoms with E-state index in [9.17, 15) is 0 Å². The van der Waals surface area contributed by atoms with Gasteiger partial charge in [0.05, 0.1) is 11.9 Å². The molecule has 0 aliphatic carbocycles. The van der Waals surface area contributed by atoms with Crippen LogP contribution in [0.1, 0.15) is 34.1 Å². The van der Waals surface area contributed by atoms with Crippen LogP contribution in [0.2, 0.25) is 0 Å². The van der Waals surface area contributed by atoms with Gasteiger partial charge in [-0.3, -0.25) is 4.68 Å². The molecule has 3 unspecified atom stereocenters. The lowest BCUT2D eigenvalue weighted by Crippen LogP contribution is -2.48. The number of anilines is 1. The summed E-state index contributed by atoms with van der Waals surface area (Å²) in [5.74, 6) is 1.31. The molecule has 1 aliphatic heterocycles. The fourth-order valence-corrected chi connectivity index (χ4v) is 2.87. The molecule has 1 aromatic heterocycles. The van der Waals surface area contributed by atoms with Crippen molar-refractivity contribution >= 4 is 5.69 Å². The third-order valence-corrected chi connectivity index (χ3v) is 4.15. The summed E-state index contributed by atoms with van der Waals surface area (Å²) < 4.78 is 2.04. The Balaban J connectivity index is 1.95. The van der Waals surface area contributed by atoms with E-state index in [1.54, 1.807) is 0 Å². The van der Waals surface area contributed by atoms with Crippen LogP contribution in [-0.2, 0) is 6.54 Å². The molecular weight excluding hydrogens is 236 g/mol. The Hall–Kier alpha value is -1.03. The normalized spacial score (nSPS) is 28.8. The van der Waals surface area contributed by atoms with Gasteiger partial charge < -0.3 is 10.2 Å². The first-order valence-electron chi connectivity index (χ1n) is 7.45. The summed E-state index contributed by atoms with van der Waals surface area (Å²) in [5, 5.41) is 8.09. The molecule has 3 atom stereocenters. The molecule has 4 nitrogen and oxygen atoms in total. The topological polar surface area (TPSA) is 33.1 Å². The Labute approximate surface area is 117 Å².